The Kier molecular flexibility index (Phi) is 5.78. The Hall–Kier alpha value is -2.84. The van der Waals surface area contributed by atoms with Crippen molar-refractivity contribution in [3.05, 3.63) is 83.2 Å². The van der Waals surface area contributed by atoms with Crippen LogP contribution in [0, 0.1) is 17.5 Å². The van der Waals surface area contributed by atoms with Crippen LogP contribution in [0.4, 0.5) is 18.9 Å². The van der Waals surface area contributed by atoms with E-state index in [2.05, 4.69) is 9.88 Å². The summed E-state index contributed by atoms with van der Waals surface area (Å²) in [6.45, 7) is 2.84. The summed E-state index contributed by atoms with van der Waals surface area (Å²) in [5, 5.41) is 10.8. The van der Waals surface area contributed by atoms with E-state index in [1.54, 1.807) is 42.2 Å². The lowest BCUT2D eigenvalue weighted by Crippen LogP contribution is -2.46. The third-order valence-corrected chi connectivity index (χ3v) is 5.49. The maximum absolute atomic E-state index is 14.8. The van der Waals surface area contributed by atoms with Crippen molar-refractivity contribution < 1.29 is 18.3 Å². The highest BCUT2D eigenvalue weighted by Crippen LogP contribution is 2.33. The molecule has 0 unspecified atom stereocenters. The minimum atomic E-state index is -1.05. The van der Waals surface area contributed by atoms with Crippen LogP contribution in [-0.4, -0.2) is 45.7 Å². The third kappa shape index (κ3) is 4.06. The van der Waals surface area contributed by atoms with E-state index in [0.717, 1.165) is 6.07 Å². The number of piperazine rings is 1. The van der Waals surface area contributed by atoms with Crippen LogP contribution in [0.5, 0.6) is 0 Å². The van der Waals surface area contributed by atoms with Crippen LogP contribution in [-0.2, 0) is 13.6 Å². The van der Waals surface area contributed by atoms with E-state index in [1.165, 1.54) is 12.1 Å². The van der Waals surface area contributed by atoms with E-state index in [1.807, 2.05) is 4.90 Å². The summed E-state index contributed by atoms with van der Waals surface area (Å²) in [5.41, 5.74) is 1.54. The highest BCUT2D eigenvalue weighted by atomic mass is 19.2. The fraction of sp³-hybridized carbons (Fsp3) is 0.318. The Morgan fingerprint density at radius 3 is 2.43 bits per heavy atom. The van der Waals surface area contributed by atoms with Gasteiger partial charge in [-0.1, -0.05) is 18.2 Å². The lowest BCUT2D eigenvalue weighted by Gasteiger charge is -2.37. The van der Waals surface area contributed by atoms with Crippen LogP contribution in [0.2, 0.25) is 0 Å². The monoisotopic (exact) mass is 416 g/mol. The fourth-order valence-electron chi connectivity index (χ4n) is 3.89. The van der Waals surface area contributed by atoms with Gasteiger partial charge in [-0.2, -0.15) is 0 Å². The first-order chi connectivity index (χ1) is 14.4. The maximum Gasteiger partial charge on any atom is 0.159 e. The fourth-order valence-corrected chi connectivity index (χ4v) is 3.89. The first-order valence-electron chi connectivity index (χ1n) is 9.79. The summed E-state index contributed by atoms with van der Waals surface area (Å²) >= 11 is 0. The first-order valence-corrected chi connectivity index (χ1v) is 9.79. The van der Waals surface area contributed by atoms with Gasteiger partial charge in [0.2, 0.25) is 0 Å². The number of aliphatic hydroxyl groups is 1. The summed E-state index contributed by atoms with van der Waals surface area (Å²) in [6.07, 6.45) is 2.28. The van der Waals surface area contributed by atoms with E-state index < -0.39 is 23.6 Å². The zero-order valence-electron chi connectivity index (χ0n) is 16.6. The normalized spacial score (nSPS) is 16.1. The van der Waals surface area contributed by atoms with Gasteiger partial charge in [0, 0.05) is 57.7 Å². The molecule has 1 N–H and O–H groups in total. The minimum Gasteiger partial charge on any atom is -0.380 e. The van der Waals surface area contributed by atoms with Crippen molar-refractivity contribution in [1.82, 2.24) is 14.5 Å². The number of anilines is 1. The van der Waals surface area contributed by atoms with Crippen LogP contribution in [0.3, 0.4) is 0 Å². The standard InChI is InChI=1S/C22H23F3N4O/c1-27-8-7-26-22(27)21(30)16-3-2-4-18(24)20(16)29-11-9-28(10-12-29)14-15-5-6-17(23)19(25)13-15/h2-8,13,21,30H,9-12,14H2,1H3/t21-/m0/s1. The van der Waals surface area contributed by atoms with Gasteiger partial charge in [0.25, 0.3) is 0 Å². The number of hydrogen-bond donors (Lipinski definition) is 1. The highest BCUT2D eigenvalue weighted by Gasteiger charge is 2.26. The average Bonchev–Trinajstić information content (AvgIpc) is 3.17. The molecule has 2 aromatic carbocycles. The van der Waals surface area contributed by atoms with Gasteiger partial charge in [0.15, 0.2) is 11.6 Å². The third-order valence-electron chi connectivity index (χ3n) is 5.49. The Morgan fingerprint density at radius 2 is 1.77 bits per heavy atom. The molecular weight excluding hydrogens is 393 g/mol. The second-order valence-corrected chi connectivity index (χ2v) is 7.49. The summed E-state index contributed by atoms with van der Waals surface area (Å²) in [7, 11) is 1.78. The molecule has 30 heavy (non-hydrogen) atoms. The molecule has 2 heterocycles. The molecule has 0 bridgehead atoms. The highest BCUT2D eigenvalue weighted by molar-refractivity contribution is 5.57. The summed E-state index contributed by atoms with van der Waals surface area (Å²) < 4.78 is 43.1. The molecule has 4 rings (SSSR count). The molecule has 1 fully saturated rings. The summed E-state index contributed by atoms with van der Waals surface area (Å²) in [5.74, 6) is -1.67. The molecule has 1 atom stereocenters. The predicted molar refractivity (Wildman–Crippen MR) is 108 cm³/mol. The molecule has 158 valence electrons. The Bertz CT molecular complexity index is 1030. The number of nitrogens with zero attached hydrogens (tertiary/aromatic N) is 4. The Labute approximate surface area is 173 Å². The minimum absolute atomic E-state index is 0.375. The summed E-state index contributed by atoms with van der Waals surface area (Å²) in [6, 6.07) is 8.59. The number of para-hydroxylation sites is 1. The van der Waals surface area contributed by atoms with Crippen molar-refractivity contribution in [3.63, 3.8) is 0 Å². The molecule has 0 spiro atoms. The lowest BCUT2D eigenvalue weighted by atomic mass is 10.0. The lowest BCUT2D eigenvalue weighted by molar-refractivity contribution is 0.205. The van der Waals surface area contributed by atoms with E-state index in [0.29, 0.717) is 55.4 Å². The van der Waals surface area contributed by atoms with E-state index in [-0.39, 0.29) is 0 Å². The van der Waals surface area contributed by atoms with Crippen LogP contribution >= 0.6 is 0 Å². The number of imidazole rings is 1. The van der Waals surface area contributed by atoms with Gasteiger partial charge in [0.05, 0.1) is 5.69 Å². The van der Waals surface area contributed by atoms with Crippen molar-refractivity contribution in [2.75, 3.05) is 31.1 Å². The molecule has 1 aliphatic heterocycles. The molecule has 5 nitrogen and oxygen atoms in total. The number of hydrogen-bond acceptors (Lipinski definition) is 4. The van der Waals surface area contributed by atoms with E-state index >= 15 is 0 Å². The van der Waals surface area contributed by atoms with Crippen molar-refractivity contribution in [2.24, 2.45) is 7.05 Å². The maximum atomic E-state index is 14.8. The first kappa shape index (κ1) is 20.4. The van der Waals surface area contributed by atoms with Gasteiger partial charge in [-0.15, -0.1) is 0 Å². The second kappa shape index (κ2) is 8.49. The molecule has 0 amide bonds. The zero-order valence-corrected chi connectivity index (χ0v) is 16.6. The van der Waals surface area contributed by atoms with Gasteiger partial charge in [-0.3, -0.25) is 4.90 Å². The second-order valence-electron chi connectivity index (χ2n) is 7.49. The SMILES string of the molecule is Cn1ccnc1[C@@H](O)c1cccc(F)c1N1CCN(Cc2ccc(F)c(F)c2)CC1. The van der Waals surface area contributed by atoms with E-state index in [4.69, 9.17) is 0 Å². The average molecular weight is 416 g/mol. The Morgan fingerprint density at radius 1 is 1.00 bits per heavy atom. The van der Waals surface area contributed by atoms with Crippen LogP contribution in [0.15, 0.2) is 48.8 Å². The number of aromatic nitrogens is 2. The number of rotatable bonds is 5. The van der Waals surface area contributed by atoms with Gasteiger partial charge in [0.1, 0.15) is 17.7 Å². The van der Waals surface area contributed by atoms with Crippen molar-refractivity contribution in [1.29, 1.82) is 0 Å². The summed E-state index contributed by atoms with van der Waals surface area (Å²) in [4.78, 5) is 8.21. The number of aliphatic hydroxyl groups excluding tert-OH is 1. The molecule has 1 saturated heterocycles. The van der Waals surface area contributed by atoms with Crippen molar-refractivity contribution >= 4 is 5.69 Å². The van der Waals surface area contributed by atoms with Crippen molar-refractivity contribution in [3.8, 4) is 0 Å². The molecule has 8 heteroatoms. The van der Waals surface area contributed by atoms with Crippen LogP contribution in [0.1, 0.15) is 23.1 Å². The molecule has 0 saturated carbocycles. The Balaban J connectivity index is 1.49. The largest absolute Gasteiger partial charge is 0.380 e. The molecular formula is C22H23F3N4O. The zero-order chi connectivity index (χ0) is 21.3. The molecule has 0 radical (unpaired) electrons. The van der Waals surface area contributed by atoms with Crippen LogP contribution < -0.4 is 4.90 Å². The predicted octanol–water partition coefficient (Wildman–Crippen LogP) is 3.24. The van der Waals surface area contributed by atoms with Crippen LogP contribution in [0.25, 0.3) is 0 Å². The molecule has 3 aromatic rings. The molecule has 1 aromatic heterocycles. The smallest absolute Gasteiger partial charge is 0.159 e. The molecule has 1 aliphatic rings. The van der Waals surface area contributed by atoms with E-state index in [9.17, 15) is 18.3 Å². The molecule has 0 aliphatic carbocycles. The topological polar surface area (TPSA) is 44.5 Å². The number of benzene rings is 2. The van der Waals surface area contributed by atoms with Gasteiger partial charge in [-0.05, 0) is 23.8 Å². The quantitative estimate of drug-likeness (QED) is 0.694. The van der Waals surface area contributed by atoms with Gasteiger partial charge >= 0.3 is 0 Å². The number of aryl methyl sites for hydroxylation is 1. The van der Waals surface area contributed by atoms with Gasteiger partial charge < -0.3 is 14.6 Å². The number of halogens is 3. The van der Waals surface area contributed by atoms with Gasteiger partial charge in [-0.25, -0.2) is 18.2 Å². The van der Waals surface area contributed by atoms with Crippen molar-refractivity contribution in [2.45, 2.75) is 12.6 Å².